The van der Waals surface area contributed by atoms with Crippen LogP contribution in [0, 0.1) is 0 Å². The minimum absolute atomic E-state index is 0.0489. The van der Waals surface area contributed by atoms with Crippen LogP contribution >= 0.6 is 11.6 Å². The predicted octanol–water partition coefficient (Wildman–Crippen LogP) is 4.96. The Kier molecular flexibility index (Phi) is 6.60. The third-order valence-corrected chi connectivity index (χ3v) is 5.42. The molecule has 0 bridgehead atoms. The molecule has 3 rings (SSSR count). The predicted molar refractivity (Wildman–Crippen MR) is 113 cm³/mol. The number of nitrogens with zero attached hydrogens (tertiary/aromatic N) is 1. The zero-order valence-electron chi connectivity index (χ0n) is 16.5. The summed E-state index contributed by atoms with van der Waals surface area (Å²) >= 11 is 6.28. The Balaban J connectivity index is 2.15. The van der Waals surface area contributed by atoms with E-state index in [1.54, 1.807) is 23.1 Å². The van der Waals surface area contributed by atoms with Gasteiger partial charge in [0.25, 0.3) is 11.7 Å². The van der Waals surface area contributed by atoms with E-state index in [0.29, 0.717) is 12.3 Å². The first-order valence-corrected chi connectivity index (χ1v) is 10.0. The molecule has 0 aromatic heterocycles. The van der Waals surface area contributed by atoms with E-state index in [9.17, 15) is 14.7 Å². The maximum Gasteiger partial charge on any atom is 0.295 e. The molecule has 0 spiro atoms. The van der Waals surface area contributed by atoms with Gasteiger partial charge in [-0.1, -0.05) is 61.7 Å². The molecule has 2 aromatic carbocycles. The van der Waals surface area contributed by atoms with Crippen LogP contribution < -0.4 is 4.74 Å². The maximum atomic E-state index is 12.9. The fourth-order valence-corrected chi connectivity index (χ4v) is 3.79. The van der Waals surface area contributed by atoms with Crippen molar-refractivity contribution in [1.29, 1.82) is 0 Å². The smallest absolute Gasteiger partial charge is 0.295 e. The van der Waals surface area contributed by atoms with E-state index in [1.807, 2.05) is 30.3 Å². The van der Waals surface area contributed by atoms with Crippen LogP contribution in [0.4, 0.5) is 0 Å². The van der Waals surface area contributed by atoms with Gasteiger partial charge in [0, 0.05) is 12.1 Å². The molecule has 0 radical (unpaired) electrons. The largest absolute Gasteiger partial charge is 0.507 e. The summed E-state index contributed by atoms with van der Waals surface area (Å²) < 4.78 is 5.21. The van der Waals surface area contributed by atoms with Gasteiger partial charge in [-0.05, 0) is 30.2 Å². The average molecular weight is 414 g/mol. The summed E-state index contributed by atoms with van der Waals surface area (Å²) in [5.41, 5.74) is 1.08. The van der Waals surface area contributed by atoms with Gasteiger partial charge in [0.15, 0.2) is 0 Å². The van der Waals surface area contributed by atoms with Crippen molar-refractivity contribution in [1.82, 2.24) is 4.90 Å². The van der Waals surface area contributed by atoms with Crippen LogP contribution in [-0.2, 0) is 9.59 Å². The molecule has 1 aliphatic heterocycles. The number of hydrogen-bond donors (Lipinski definition) is 1. The number of carbonyl (C=O) groups excluding carboxylic acids is 2. The van der Waals surface area contributed by atoms with E-state index in [4.69, 9.17) is 16.3 Å². The van der Waals surface area contributed by atoms with Gasteiger partial charge in [-0.25, -0.2) is 0 Å². The highest BCUT2D eigenvalue weighted by Crippen LogP contribution is 2.41. The lowest BCUT2D eigenvalue weighted by Crippen LogP contribution is -2.30. The monoisotopic (exact) mass is 413 g/mol. The van der Waals surface area contributed by atoms with E-state index in [1.165, 1.54) is 7.11 Å². The van der Waals surface area contributed by atoms with Gasteiger partial charge >= 0.3 is 0 Å². The molecule has 1 fully saturated rings. The Hall–Kier alpha value is -2.79. The highest BCUT2D eigenvalue weighted by molar-refractivity contribution is 6.47. The SMILES string of the molecule is CCCCCN1C(=O)C(=O)/C(=C(/O)c2cc(OC)ccc2Cl)C1c1ccccc1. The Bertz CT molecular complexity index is 939. The molecule has 5 nitrogen and oxygen atoms in total. The number of halogens is 1. The number of hydrogen-bond acceptors (Lipinski definition) is 4. The average Bonchev–Trinajstić information content (AvgIpc) is 2.99. The highest BCUT2D eigenvalue weighted by Gasteiger charge is 2.45. The number of amides is 1. The Morgan fingerprint density at radius 1 is 1.14 bits per heavy atom. The standard InChI is InChI=1S/C23H24ClNO4/c1-3-4-8-13-25-20(15-9-6-5-7-10-15)19(22(27)23(25)28)21(26)17-14-16(29-2)11-12-18(17)24/h5-7,9-12,14,20,26H,3-4,8,13H2,1-2H3/b21-19+. The number of benzene rings is 2. The molecule has 1 amide bonds. The minimum Gasteiger partial charge on any atom is -0.507 e. The van der Waals surface area contributed by atoms with Crippen LogP contribution in [0.15, 0.2) is 54.1 Å². The third kappa shape index (κ3) is 4.15. The summed E-state index contributed by atoms with van der Waals surface area (Å²) in [5.74, 6) is -1.11. The van der Waals surface area contributed by atoms with Crippen molar-refractivity contribution in [3.63, 3.8) is 0 Å². The molecule has 1 N–H and O–H groups in total. The van der Waals surface area contributed by atoms with Gasteiger partial charge in [-0.3, -0.25) is 9.59 Å². The van der Waals surface area contributed by atoms with E-state index in [0.717, 1.165) is 24.8 Å². The molecular weight excluding hydrogens is 390 g/mol. The highest BCUT2D eigenvalue weighted by atomic mass is 35.5. The molecule has 0 aliphatic carbocycles. The van der Waals surface area contributed by atoms with Crippen molar-refractivity contribution >= 4 is 29.1 Å². The normalized spacial score (nSPS) is 18.3. The van der Waals surface area contributed by atoms with E-state index in [-0.39, 0.29) is 21.9 Å². The number of methoxy groups -OCH3 is 1. The summed E-state index contributed by atoms with van der Waals surface area (Å²) in [6, 6.07) is 13.4. The van der Waals surface area contributed by atoms with Crippen LogP contribution in [0.25, 0.3) is 5.76 Å². The summed E-state index contributed by atoms with van der Waals surface area (Å²) in [7, 11) is 1.50. The number of ether oxygens (including phenoxy) is 1. The van der Waals surface area contributed by atoms with Gasteiger partial charge in [0.1, 0.15) is 11.5 Å². The second kappa shape index (κ2) is 9.14. The molecule has 29 heavy (non-hydrogen) atoms. The molecule has 0 saturated carbocycles. The molecule has 6 heteroatoms. The molecule has 1 heterocycles. The number of Topliss-reactive ketones (excluding diaryl/α,β-unsaturated/α-hetero) is 1. The van der Waals surface area contributed by atoms with Crippen molar-refractivity contribution in [3.05, 3.63) is 70.3 Å². The first-order chi connectivity index (χ1) is 14.0. The topological polar surface area (TPSA) is 66.8 Å². The zero-order chi connectivity index (χ0) is 21.0. The van der Waals surface area contributed by atoms with Gasteiger partial charge < -0.3 is 14.7 Å². The van der Waals surface area contributed by atoms with Crippen molar-refractivity contribution < 1.29 is 19.4 Å². The van der Waals surface area contributed by atoms with Crippen molar-refractivity contribution in [2.45, 2.75) is 32.2 Å². The Labute approximate surface area is 175 Å². The lowest BCUT2D eigenvalue weighted by atomic mass is 9.95. The molecule has 2 aromatic rings. The molecule has 1 aliphatic rings. The van der Waals surface area contributed by atoms with E-state index >= 15 is 0 Å². The molecule has 152 valence electrons. The number of carbonyl (C=O) groups is 2. The number of rotatable bonds is 7. The van der Waals surface area contributed by atoms with Crippen molar-refractivity contribution in [2.75, 3.05) is 13.7 Å². The van der Waals surface area contributed by atoms with Crippen LogP contribution in [0.1, 0.15) is 43.4 Å². The lowest BCUT2D eigenvalue weighted by Gasteiger charge is -2.25. The number of unbranched alkanes of at least 4 members (excludes halogenated alkanes) is 2. The fraction of sp³-hybridized carbons (Fsp3) is 0.304. The second-order valence-corrected chi connectivity index (χ2v) is 7.36. The Morgan fingerprint density at radius 3 is 2.52 bits per heavy atom. The maximum absolute atomic E-state index is 12.9. The van der Waals surface area contributed by atoms with E-state index < -0.39 is 17.7 Å². The Morgan fingerprint density at radius 2 is 1.86 bits per heavy atom. The molecule has 1 atom stereocenters. The van der Waals surface area contributed by atoms with Gasteiger partial charge in [-0.15, -0.1) is 0 Å². The summed E-state index contributed by atoms with van der Waals surface area (Å²) in [4.78, 5) is 27.3. The van der Waals surface area contributed by atoms with Gasteiger partial charge in [0.2, 0.25) is 0 Å². The molecular formula is C23H24ClNO4. The summed E-state index contributed by atoms with van der Waals surface area (Å²) in [5, 5.41) is 11.3. The number of ketones is 1. The van der Waals surface area contributed by atoms with Crippen molar-refractivity contribution in [3.8, 4) is 5.75 Å². The van der Waals surface area contributed by atoms with Crippen LogP contribution in [-0.4, -0.2) is 35.4 Å². The number of aliphatic hydroxyl groups is 1. The summed E-state index contributed by atoms with van der Waals surface area (Å²) in [6.07, 6.45) is 2.73. The quantitative estimate of drug-likeness (QED) is 0.301. The first-order valence-electron chi connectivity index (χ1n) is 9.66. The molecule has 1 saturated heterocycles. The second-order valence-electron chi connectivity index (χ2n) is 6.96. The van der Waals surface area contributed by atoms with Crippen LogP contribution in [0.5, 0.6) is 5.75 Å². The third-order valence-electron chi connectivity index (χ3n) is 5.09. The van der Waals surface area contributed by atoms with Crippen LogP contribution in [0.3, 0.4) is 0 Å². The van der Waals surface area contributed by atoms with Gasteiger partial charge in [0.05, 0.1) is 23.7 Å². The summed E-state index contributed by atoms with van der Waals surface area (Å²) in [6.45, 7) is 2.52. The minimum atomic E-state index is -0.702. The fourth-order valence-electron chi connectivity index (χ4n) is 3.58. The lowest BCUT2D eigenvalue weighted by molar-refractivity contribution is -0.139. The zero-order valence-corrected chi connectivity index (χ0v) is 17.3. The van der Waals surface area contributed by atoms with Gasteiger partial charge in [-0.2, -0.15) is 0 Å². The van der Waals surface area contributed by atoms with Crippen LogP contribution in [0.2, 0.25) is 5.02 Å². The number of likely N-dealkylation sites (tertiary alicyclic amines) is 1. The molecule has 1 unspecified atom stereocenters. The first kappa shape index (κ1) is 20.9. The van der Waals surface area contributed by atoms with Crippen molar-refractivity contribution in [2.24, 2.45) is 0 Å². The number of aliphatic hydroxyl groups excluding tert-OH is 1. The van der Waals surface area contributed by atoms with E-state index in [2.05, 4.69) is 6.92 Å².